The maximum absolute atomic E-state index is 13.4. The molecule has 0 heterocycles. The highest BCUT2D eigenvalue weighted by Crippen LogP contribution is 2.47. The van der Waals surface area contributed by atoms with E-state index >= 15 is 0 Å². The lowest BCUT2D eigenvalue weighted by atomic mass is 10.0. The van der Waals surface area contributed by atoms with Crippen molar-refractivity contribution in [3.63, 3.8) is 0 Å². The number of alkyl halides is 6. The highest BCUT2D eigenvalue weighted by molar-refractivity contribution is 7.85. The van der Waals surface area contributed by atoms with E-state index in [2.05, 4.69) is 11.3 Å². The summed E-state index contributed by atoms with van der Waals surface area (Å²) in [7, 11) is -6.21. The maximum Gasteiger partial charge on any atom is 0.438 e. The van der Waals surface area contributed by atoms with Crippen molar-refractivity contribution < 1.29 is 58.4 Å². The van der Waals surface area contributed by atoms with E-state index < -0.39 is 57.1 Å². The highest BCUT2D eigenvalue weighted by atomic mass is 32.2. The third-order valence-electron chi connectivity index (χ3n) is 4.01. The fourth-order valence-electron chi connectivity index (χ4n) is 2.55. The SMILES string of the molecule is C=CC(=O)Oc1cc2ccccc2cc1C(=O)OC(CS(=O)(=O)[O-])(C(F)(F)F)C(F)(F)F. The molecule has 0 bridgehead atoms. The summed E-state index contributed by atoms with van der Waals surface area (Å²) in [6.07, 6.45) is -12.5. The zero-order valence-corrected chi connectivity index (χ0v) is 16.3. The Morgan fingerprint density at radius 3 is 1.94 bits per heavy atom. The van der Waals surface area contributed by atoms with Gasteiger partial charge in [-0.25, -0.2) is 18.0 Å². The van der Waals surface area contributed by atoms with Crippen molar-refractivity contribution in [3.8, 4) is 5.75 Å². The monoisotopic (exact) mass is 485 g/mol. The molecule has 0 aliphatic rings. The van der Waals surface area contributed by atoms with Crippen molar-refractivity contribution in [1.82, 2.24) is 0 Å². The Balaban J connectivity index is 2.71. The third-order valence-corrected chi connectivity index (χ3v) is 4.77. The van der Waals surface area contributed by atoms with E-state index in [1.54, 1.807) is 0 Å². The Labute approximate surface area is 176 Å². The first-order valence-corrected chi connectivity index (χ1v) is 9.76. The van der Waals surface area contributed by atoms with E-state index in [4.69, 9.17) is 4.74 Å². The normalized spacial score (nSPS) is 13.0. The van der Waals surface area contributed by atoms with Crippen molar-refractivity contribution in [2.45, 2.75) is 18.0 Å². The summed E-state index contributed by atoms with van der Waals surface area (Å²) in [6, 6.07) is 7.40. The molecule has 0 aliphatic carbocycles. The number of rotatable bonds is 6. The summed E-state index contributed by atoms with van der Waals surface area (Å²) in [5.74, 6) is -7.51. The minimum Gasteiger partial charge on any atom is -0.748 e. The molecule has 0 radical (unpaired) electrons. The van der Waals surface area contributed by atoms with Crippen LogP contribution in [0.5, 0.6) is 5.75 Å². The van der Waals surface area contributed by atoms with Gasteiger partial charge in [0.25, 0.3) is 0 Å². The lowest BCUT2D eigenvalue weighted by molar-refractivity contribution is -0.356. The van der Waals surface area contributed by atoms with Crippen LogP contribution in [0.25, 0.3) is 10.8 Å². The maximum atomic E-state index is 13.4. The Hall–Kier alpha value is -3.13. The molecule has 0 amide bonds. The van der Waals surface area contributed by atoms with Gasteiger partial charge in [0.1, 0.15) is 11.3 Å². The van der Waals surface area contributed by atoms with Gasteiger partial charge in [0.2, 0.25) is 0 Å². The van der Waals surface area contributed by atoms with E-state index in [1.807, 2.05) is 0 Å². The zero-order valence-electron chi connectivity index (χ0n) is 15.5. The first-order valence-electron chi connectivity index (χ1n) is 8.18. The summed E-state index contributed by atoms with van der Waals surface area (Å²) < 4.78 is 121. The van der Waals surface area contributed by atoms with Crippen LogP contribution in [0, 0.1) is 0 Å². The minimum absolute atomic E-state index is 0.124. The molecule has 174 valence electrons. The lowest BCUT2D eigenvalue weighted by Gasteiger charge is -2.37. The summed E-state index contributed by atoms with van der Waals surface area (Å²) >= 11 is 0. The second-order valence-electron chi connectivity index (χ2n) is 6.23. The van der Waals surface area contributed by atoms with Crippen molar-refractivity contribution >= 4 is 32.8 Å². The average Bonchev–Trinajstić information content (AvgIpc) is 2.63. The zero-order chi connectivity index (χ0) is 24.5. The van der Waals surface area contributed by atoms with Crippen molar-refractivity contribution in [1.29, 1.82) is 0 Å². The van der Waals surface area contributed by atoms with E-state index in [1.165, 1.54) is 24.3 Å². The van der Waals surface area contributed by atoms with Gasteiger partial charge in [0.15, 0.2) is 0 Å². The van der Waals surface area contributed by atoms with Crippen molar-refractivity contribution in [3.05, 3.63) is 54.6 Å². The van der Waals surface area contributed by atoms with Gasteiger partial charge < -0.3 is 14.0 Å². The molecule has 0 aliphatic heterocycles. The second kappa shape index (κ2) is 8.43. The number of hydrogen-bond acceptors (Lipinski definition) is 7. The largest absolute Gasteiger partial charge is 0.748 e. The number of benzene rings is 2. The summed E-state index contributed by atoms with van der Waals surface area (Å²) in [5, 5.41) is 0.398. The highest BCUT2D eigenvalue weighted by Gasteiger charge is 2.75. The first-order chi connectivity index (χ1) is 14.5. The predicted molar refractivity (Wildman–Crippen MR) is 94.6 cm³/mol. The lowest BCUT2D eigenvalue weighted by Crippen LogP contribution is -2.63. The summed E-state index contributed by atoms with van der Waals surface area (Å²) in [4.78, 5) is 23.9. The number of ether oxygens (including phenoxy) is 2. The van der Waals surface area contributed by atoms with Crippen LogP contribution in [0.4, 0.5) is 26.3 Å². The third kappa shape index (κ3) is 5.19. The molecule has 2 aromatic carbocycles. The number of carbonyl (C=O) groups is 2. The van der Waals surface area contributed by atoms with E-state index in [9.17, 15) is 48.9 Å². The van der Waals surface area contributed by atoms with Gasteiger partial charge in [0, 0.05) is 6.08 Å². The average molecular weight is 485 g/mol. The van der Waals surface area contributed by atoms with Crippen LogP contribution < -0.4 is 4.74 Å². The summed E-state index contributed by atoms with van der Waals surface area (Å²) in [5.41, 5.74) is -6.75. The molecule has 0 fully saturated rings. The molecule has 7 nitrogen and oxygen atoms in total. The Bertz CT molecular complexity index is 1150. The smallest absolute Gasteiger partial charge is 0.438 e. The molecule has 14 heteroatoms. The molecule has 2 rings (SSSR count). The summed E-state index contributed by atoms with van der Waals surface area (Å²) in [6.45, 7) is 3.07. The Morgan fingerprint density at radius 1 is 1.00 bits per heavy atom. The number of halogens is 6. The van der Waals surface area contributed by atoms with E-state index in [-0.39, 0.29) is 10.8 Å². The van der Waals surface area contributed by atoms with Gasteiger partial charge in [-0.3, -0.25) is 0 Å². The molecule has 0 aromatic heterocycles. The van der Waals surface area contributed by atoms with Crippen LogP contribution in [-0.2, 0) is 19.6 Å². The second-order valence-corrected chi connectivity index (χ2v) is 7.64. The fourth-order valence-corrected chi connectivity index (χ4v) is 3.43. The van der Waals surface area contributed by atoms with E-state index in [0.29, 0.717) is 6.08 Å². The van der Waals surface area contributed by atoms with Gasteiger partial charge in [-0.05, 0) is 22.9 Å². The number of hydrogen-bond donors (Lipinski definition) is 0. The number of esters is 2. The van der Waals surface area contributed by atoms with Crippen LogP contribution in [-0.4, -0.2) is 48.6 Å². The van der Waals surface area contributed by atoms with Gasteiger partial charge >= 0.3 is 29.9 Å². The molecule has 0 atom stereocenters. The minimum atomic E-state index is -6.55. The Kier molecular flexibility index (Phi) is 6.62. The van der Waals surface area contributed by atoms with Crippen LogP contribution in [0.2, 0.25) is 0 Å². The Morgan fingerprint density at radius 2 is 1.50 bits per heavy atom. The molecule has 32 heavy (non-hydrogen) atoms. The molecule has 2 aromatic rings. The van der Waals surface area contributed by atoms with Gasteiger partial charge in [-0.2, -0.15) is 26.3 Å². The van der Waals surface area contributed by atoms with Crippen LogP contribution in [0.1, 0.15) is 10.4 Å². The topological polar surface area (TPSA) is 110 Å². The van der Waals surface area contributed by atoms with Gasteiger partial charge in [-0.15, -0.1) is 0 Å². The molecular formula is C18H11F6O7S-. The molecular weight excluding hydrogens is 474 g/mol. The molecule has 0 unspecified atom stereocenters. The molecule has 0 saturated carbocycles. The molecule has 0 spiro atoms. The van der Waals surface area contributed by atoms with Crippen LogP contribution >= 0.6 is 0 Å². The molecule has 0 N–H and O–H groups in total. The van der Waals surface area contributed by atoms with E-state index in [0.717, 1.165) is 12.1 Å². The first kappa shape index (κ1) is 25.1. The van der Waals surface area contributed by atoms with Gasteiger partial charge in [-0.1, -0.05) is 30.8 Å². The standard InChI is InChI=1S/C18H12F6O7S/c1-2-14(25)30-13-8-11-6-4-3-5-10(11)7-12(13)15(26)31-16(17(19,20)21,18(22,23)24)9-32(27,28)29/h2-8H,1,9H2,(H,27,28,29)/p-1. The number of fused-ring (bicyclic) bond motifs is 1. The van der Waals surface area contributed by atoms with Crippen LogP contribution in [0.3, 0.4) is 0 Å². The predicted octanol–water partition coefficient (Wildman–Crippen LogP) is 3.50. The van der Waals surface area contributed by atoms with Gasteiger partial charge in [0.05, 0.1) is 15.9 Å². The number of carbonyl (C=O) groups excluding carboxylic acids is 2. The molecule has 0 saturated heterocycles. The van der Waals surface area contributed by atoms with Crippen molar-refractivity contribution in [2.75, 3.05) is 5.75 Å². The van der Waals surface area contributed by atoms with Crippen LogP contribution in [0.15, 0.2) is 49.1 Å². The quantitative estimate of drug-likeness (QED) is 0.203. The fraction of sp³-hybridized carbons (Fsp3) is 0.222. The van der Waals surface area contributed by atoms with Crippen molar-refractivity contribution in [2.24, 2.45) is 0 Å².